The van der Waals surface area contributed by atoms with E-state index in [0.29, 0.717) is 6.42 Å². The van der Waals surface area contributed by atoms with E-state index in [0.717, 1.165) is 11.8 Å². The van der Waals surface area contributed by atoms with Gasteiger partial charge in [-0.2, -0.15) is 0 Å². The SMILES string of the molecule is CC(C)(C)OC(=O)[C@@]1(c2ccccc2)C[C@]1(Br)C=O. The molecule has 1 aromatic rings. The van der Waals surface area contributed by atoms with Crippen LogP contribution in [-0.4, -0.2) is 22.2 Å². The van der Waals surface area contributed by atoms with Crippen molar-refractivity contribution in [1.82, 2.24) is 0 Å². The minimum absolute atomic E-state index is 0.352. The molecule has 0 aromatic heterocycles. The maximum Gasteiger partial charge on any atom is 0.319 e. The summed E-state index contributed by atoms with van der Waals surface area (Å²) in [7, 11) is 0. The Morgan fingerprint density at radius 1 is 1.32 bits per heavy atom. The summed E-state index contributed by atoms with van der Waals surface area (Å²) in [5.41, 5.74) is -0.658. The number of halogens is 1. The first-order chi connectivity index (χ1) is 8.75. The van der Waals surface area contributed by atoms with E-state index in [9.17, 15) is 9.59 Å². The van der Waals surface area contributed by atoms with Gasteiger partial charge in [-0.05, 0) is 32.8 Å². The fraction of sp³-hybridized carbons (Fsp3) is 0.467. The summed E-state index contributed by atoms with van der Waals surface area (Å²) in [5.74, 6) is -0.352. The Morgan fingerprint density at radius 3 is 2.32 bits per heavy atom. The second-order valence-electron chi connectivity index (χ2n) is 5.93. The fourth-order valence-electron chi connectivity index (χ4n) is 2.27. The summed E-state index contributed by atoms with van der Waals surface area (Å²) in [6.07, 6.45) is 1.23. The second-order valence-corrected chi connectivity index (χ2v) is 7.35. The summed E-state index contributed by atoms with van der Waals surface area (Å²) in [5, 5.41) is 0. The lowest BCUT2D eigenvalue weighted by atomic mass is 9.93. The Morgan fingerprint density at radius 2 is 1.89 bits per heavy atom. The molecule has 0 spiro atoms. The quantitative estimate of drug-likeness (QED) is 0.487. The van der Waals surface area contributed by atoms with Gasteiger partial charge in [0.2, 0.25) is 0 Å². The van der Waals surface area contributed by atoms with Crippen LogP contribution < -0.4 is 0 Å². The molecule has 0 heterocycles. The number of aldehydes is 1. The minimum Gasteiger partial charge on any atom is -0.459 e. The molecule has 1 fully saturated rings. The number of alkyl halides is 1. The zero-order chi connectivity index (χ0) is 14.3. The number of carbonyl (C=O) groups is 2. The summed E-state index contributed by atoms with van der Waals surface area (Å²) in [4.78, 5) is 23.8. The Bertz CT molecular complexity index is 506. The normalized spacial score (nSPS) is 29.7. The smallest absolute Gasteiger partial charge is 0.319 e. The predicted octanol–water partition coefficient (Wildman–Crippen LogP) is 3.00. The molecule has 0 radical (unpaired) electrons. The Kier molecular flexibility index (Phi) is 3.33. The van der Waals surface area contributed by atoms with Crippen LogP contribution in [0.2, 0.25) is 0 Å². The van der Waals surface area contributed by atoms with Gasteiger partial charge in [0.1, 0.15) is 21.6 Å². The van der Waals surface area contributed by atoms with E-state index in [2.05, 4.69) is 15.9 Å². The van der Waals surface area contributed by atoms with Crippen LogP contribution in [0.5, 0.6) is 0 Å². The topological polar surface area (TPSA) is 43.4 Å². The van der Waals surface area contributed by atoms with Crippen molar-refractivity contribution >= 4 is 28.2 Å². The van der Waals surface area contributed by atoms with E-state index < -0.39 is 15.3 Å². The van der Waals surface area contributed by atoms with Crippen LogP contribution >= 0.6 is 15.9 Å². The van der Waals surface area contributed by atoms with E-state index in [1.165, 1.54) is 0 Å². The van der Waals surface area contributed by atoms with E-state index in [-0.39, 0.29) is 5.97 Å². The van der Waals surface area contributed by atoms with E-state index in [1.807, 2.05) is 51.1 Å². The van der Waals surface area contributed by atoms with Crippen molar-refractivity contribution in [1.29, 1.82) is 0 Å². The van der Waals surface area contributed by atoms with Crippen LogP contribution in [0.15, 0.2) is 30.3 Å². The number of hydrogen-bond acceptors (Lipinski definition) is 3. The Labute approximate surface area is 121 Å². The molecular weight excluding hydrogens is 308 g/mol. The Balaban J connectivity index is 2.40. The summed E-state index contributed by atoms with van der Waals surface area (Å²) >= 11 is 3.39. The van der Waals surface area contributed by atoms with Crippen molar-refractivity contribution in [2.45, 2.75) is 42.5 Å². The third-order valence-electron chi connectivity index (χ3n) is 3.31. The molecular formula is C15H17BrO3. The molecule has 1 aliphatic carbocycles. The molecule has 3 nitrogen and oxygen atoms in total. The second kappa shape index (κ2) is 4.44. The van der Waals surface area contributed by atoms with Gasteiger partial charge in [0.25, 0.3) is 0 Å². The monoisotopic (exact) mass is 324 g/mol. The molecule has 1 saturated carbocycles. The van der Waals surface area contributed by atoms with Crippen LogP contribution in [-0.2, 0) is 19.7 Å². The molecule has 2 rings (SSSR count). The average Bonchev–Trinajstić information content (AvgIpc) is 2.97. The first-order valence-electron chi connectivity index (χ1n) is 6.19. The Hall–Kier alpha value is -1.16. The summed E-state index contributed by atoms with van der Waals surface area (Å²) in [6.45, 7) is 5.47. The summed E-state index contributed by atoms with van der Waals surface area (Å²) in [6, 6.07) is 9.31. The van der Waals surface area contributed by atoms with Crippen molar-refractivity contribution in [2.24, 2.45) is 0 Å². The number of hydrogen-bond donors (Lipinski definition) is 0. The highest BCUT2D eigenvalue weighted by Gasteiger charge is 2.73. The van der Waals surface area contributed by atoms with Crippen molar-refractivity contribution in [3.63, 3.8) is 0 Å². The van der Waals surface area contributed by atoms with Gasteiger partial charge in [0.05, 0.1) is 0 Å². The van der Waals surface area contributed by atoms with Gasteiger partial charge < -0.3 is 9.53 Å². The number of carbonyl (C=O) groups excluding carboxylic acids is 2. The minimum atomic E-state index is -0.900. The van der Waals surface area contributed by atoms with Crippen LogP contribution in [0.25, 0.3) is 0 Å². The van der Waals surface area contributed by atoms with Gasteiger partial charge in [-0.1, -0.05) is 46.3 Å². The van der Waals surface area contributed by atoms with Gasteiger partial charge in [0, 0.05) is 0 Å². The first kappa shape index (κ1) is 14.3. The van der Waals surface area contributed by atoms with Crippen LogP contribution in [0, 0.1) is 0 Å². The highest BCUT2D eigenvalue weighted by Crippen LogP contribution is 2.63. The van der Waals surface area contributed by atoms with Crippen molar-refractivity contribution in [3.8, 4) is 0 Å². The number of esters is 1. The maximum atomic E-state index is 12.5. The van der Waals surface area contributed by atoms with Gasteiger partial charge >= 0.3 is 5.97 Å². The zero-order valence-electron chi connectivity index (χ0n) is 11.3. The molecule has 0 amide bonds. The van der Waals surface area contributed by atoms with Crippen molar-refractivity contribution in [2.75, 3.05) is 0 Å². The van der Waals surface area contributed by atoms with Gasteiger partial charge in [-0.25, -0.2) is 0 Å². The molecule has 0 saturated heterocycles. The van der Waals surface area contributed by atoms with E-state index in [4.69, 9.17) is 4.74 Å². The number of benzene rings is 1. The average molecular weight is 325 g/mol. The molecule has 2 atom stereocenters. The number of rotatable bonds is 3. The lowest BCUT2D eigenvalue weighted by Gasteiger charge is -2.25. The standard InChI is InChI=1S/C15H17BrO3/c1-13(2,3)19-12(18)15(9-14(15,16)10-17)11-7-5-4-6-8-11/h4-8,10H,9H2,1-3H3/t14-,15-/m0/s1. The molecule has 19 heavy (non-hydrogen) atoms. The molecule has 1 aromatic carbocycles. The third-order valence-corrected chi connectivity index (χ3v) is 4.45. The third kappa shape index (κ3) is 2.34. The molecule has 0 bridgehead atoms. The van der Waals surface area contributed by atoms with Gasteiger partial charge in [0.15, 0.2) is 0 Å². The molecule has 1 aliphatic rings. The first-order valence-corrected chi connectivity index (χ1v) is 6.99. The lowest BCUT2D eigenvalue weighted by molar-refractivity contribution is -0.158. The van der Waals surface area contributed by atoms with Crippen LogP contribution in [0.1, 0.15) is 32.8 Å². The fourth-order valence-corrected chi connectivity index (χ4v) is 3.08. The molecule has 0 aliphatic heterocycles. The van der Waals surface area contributed by atoms with E-state index >= 15 is 0 Å². The van der Waals surface area contributed by atoms with Gasteiger partial charge in [-0.3, -0.25) is 4.79 Å². The van der Waals surface area contributed by atoms with Gasteiger partial charge in [-0.15, -0.1) is 0 Å². The van der Waals surface area contributed by atoms with Crippen LogP contribution in [0.4, 0.5) is 0 Å². The molecule has 0 N–H and O–H groups in total. The maximum absolute atomic E-state index is 12.5. The highest BCUT2D eigenvalue weighted by atomic mass is 79.9. The highest BCUT2D eigenvalue weighted by molar-refractivity contribution is 9.10. The van der Waals surface area contributed by atoms with Crippen molar-refractivity contribution in [3.05, 3.63) is 35.9 Å². The molecule has 4 heteroatoms. The lowest BCUT2D eigenvalue weighted by Crippen LogP contribution is -2.36. The molecule has 0 unspecified atom stereocenters. The van der Waals surface area contributed by atoms with E-state index in [1.54, 1.807) is 0 Å². The van der Waals surface area contributed by atoms with Crippen molar-refractivity contribution < 1.29 is 14.3 Å². The molecule has 102 valence electrons. The predicted molar refractivity (Wildman–Crippen MR) is 76.3 cm³/mol. The largest absolute Gasteiger partial charge is 0.459 e. The van der Waals surface area contributed by atoms with Crippen LogP contribution in [0.3, 0.4) is 0 Å². The zero-order valence-corrected chi connectivity index (χ0v) is 12.9. The number of ether oxygens (including phenoxy) is 1. The summed E-state index contributed by atoms with van der Waals surface area (Å²) < 4.78 is 4.65.